The highest BCUT2D eigenvalue weighted by atomic mass is 16.5. The van der Waals surface area contributed by atoms with Crippen LogP contribution in [-0.4, -0.2) is 64.8 Å². The van der Waals surface area contributed by atoms with Crippen LogP contribution in [0, 0.1) is 11.8 Å². The summed E-state index contributed by atoms with van der Waals surface area (Å²) in [4.78, 5) is 23.8. The van der Waals surface area contributed by atoms with Gasteiger partial charge in [-0.05, 0) is 60.6 Å². The van der Waals surface area contributed by atoms with Gasteiger partial charge in [0, 0.05) is 6.42 Å². The lowest BCUT2D eigenvalue weighted by atomic mass is 9.80. The second kappa shape index (κ2) is 13.3. The zero-order chi connectivity index (χ0) is 26.8. The van der Waals surface area contributed by atoms with Crippen LogP contribution < -0.4 is 28.4 Å². The van der Waals surface area contributed by atoms with E-state index in [0.29, 0.717) is 40.1 Å². The molecule has 36 heavy (non-hydrogen) atoms. The number of carboxylic acid groups (broad SMARTS) is 2. The molecule has 0 aliphatic heterocycles. The lowest BCUT2D eigenvalue weighted by molar-refractivity contribution is -0.145. The van der Waals surface area contributed by atoms with Gasteiger partial charge >= 0.3 is 11.9 Å². The van der Waals surface area contributed by atoms with E-state index in [2.05, 4.69) is 0 Å². The van der Waals surface area contributed by atoms with Crippen LogP contribution >= 0.6 is 0 Å². The van der Waals surface area contributed by atoms with Gasteiger partial charge in [-0.2, -0.15) is 0 Å². The third-order valence-corrected chi connectivity index (χ3v) is 6.02. The molecule has 2 N–H and O–H groups in total. The molecule has 2 aromatic carbocycles. The molecule has 0 saturated carbocycles. The average molecular weight is 507 g/mol. The zero-order valence-corrected chi connectivity index (χ0v) is 21.5. The fourth-order valence-electron chi connectivity index (χ4n) is 4.27. The molecule has 2 atom stereocenters. The molecule has 0 heterocycles. The molecule has 0 unspecified atom stereocenters. The predicted octanol–water partition coefficient (Wildman–Crippen LogP) is 3.71. The highest BCUT2D eigenvalue weighted by molar-refractivity contribution is 5.72. The predicted molar refractivity (Wildman–Crippen MR) is 131 cm³/mol. The Labute approximate surface area is 210 Å². The fraction of sp³-hybridized carbons (Fsp3) is 0.462. The van der Waals surface area contributed by atoms with Crippen molar-refractivity contribution in [3.05, 3.63) is 35.4 Å². The summed E-state index contributed by atoms with van der Waals surface area (Å²) in [6.07, 6.45) is 0.396. The van der Waals surface area contributed by atoms with E-state index < -0.39 is 23.8 Å². The van der Waals surface area contributed by atoms with E-state index in [1.807, 2.05) is 0 Å². The van der Waals surface area contributed by atoms with Crippen LogP contribution in [0.2, 0.25) is 0 Å². The van der Waals surface area contributed by atoms with Crippen LogP contribution in [0.15, 0.2) is 24.3 Å². The minimum absolute atomic E-state index is 0.126. The summed E-state index contributed by atoms with van der Waals surface area (Å²) in [5, 5.41) is 19.5. The van der Waals surface area contributed by atoms with Gasteiger partial charge in [-0.1, -0.05) is 0 Å². The zero-order valence-electron chi connectivity index (χ0n) is 21.5. The summed E-state index contributed by atoms with van der Waals surface area (Å²) < 4.78 is 32.4. The van der Waals surface area contributed by atoms with Gasteiger partial charge in [0.1, 0.15) is 0 Å². The third kappa shape index (κ3) is 6.87. The molecule has 0 aliphatic rings. The van der Waals surface area contributed by atoms with E-state index >= 15 is 0 Å². The standard InChI is InChI=1S/C26H34O10/c1-31-19-11-15(12-20(32-2)24(19)35-5)9-17(7-8-23(27)28)18(26(29)30)10-16-13-21(33-3)25(36-6)22(14-16)34-4/h11-14,17-18H,7-10H2,1-6H3,(H,27,28)(H,29,30)/t17-,18-/m0/s1. The van der Waals surface area contributed by atoms with Crippen LogP contribution in [0.3, 0.4) is 0 Å². The van der Waals surface area contributed by atoms with Gasteiger partial charge in [0.2, 0.25) is 11.5 Å². The maximum atomic E-state index is 12.5. The van der Waals surface area contributed by atoms with Gasteiger partial charge in [-0.3, -0.25) is 9.59 Å². The monoisotopic (exact) mass is 506 g/mol. The quantitative estimate of drug-likeness (QED) is 0.369. The lowest BCUT2D eigenvalue weighted by Gasteiger charge is -2.25. The minimum Gasteiger partial charge on any atom is -0.493 e. The number of aliphatic carboxylic acids is 2. The normalized spacial score (nSPS) is 12.3. The molecule has 10 nitrogen and oxygen atoms in total. The van der Waals surface area contributed by atoms with Crippen molar-refractivity contribution in [1.82, 2.24) is 0 Å². The molecule has 0 bridgehead atoms. The number of hydrogen-bond acceptors (Lipinski definition) is 8. The van der Waals surface area contributed by atoms with Crippen LogP contribution in [0.5, 0.6) is 34.5 Å². The van der Waals surface area contributed by atoms with Crippen molar-refractivity contribution in [3.8, 4) is 34.5 Å². The van der Waals surface area contributed by atoms with Crippen molar-refractivity contribution in [1.29, 1.82) is 0 Å². The van der Waals surface area contributed by atoms with E-state index in [1.54, 1.807) is 24.3 Å². The number of carbonyl (C=O) groups is 2. The Morgan fingerprint density at radius 1 is 0.667 bits per heavy atom. The maximum Gasteiger partial charge on any atom is 0.307 e. The minimum atomic E-state index is -1.04. The molecule has 2 rings (SSSR count). The maximum absolute atomic E-state index is 12.5. The number of carboxylic acids is 2. The van der Waals surface area contributed by atoms with Gasteiger partial charge < -0.3 is 38.6 Å². The molecular formula is C26H34O10. The van der Waals surface area contributed by atoms with E-state index in [9.17, 15) is 19.8 Å². The van der Waals surface area contributed by atoms with Gasteiger partial charge in [0.25, 0.3) is 0 Å². The second-order valence-electron chi connectivity index (χ2n) is 8.11. The average Bonchev–Trinajstić information content (AvgIpc) is 2.87. The van der Waals surface area contributed by atoms with Crippen molar-refractivity contribution >= 4 is 11.9 Å². The summed E-state index contributed by atoms with van der Waals surface area (Å²) in [6.45, 7) is 0. The second-order valence-corrected chi connectivity index (χ2v) is 8.11. The van der Waals surface area contributed by atoms with Crippen molar-refractivity contribution in [3.63, 3.8) is 0 Å². The number of benzene rings is 2. The molecule has 0 aromatic heterocycles. The Morgan fingerprint density at radius 3 is 1.36 bits per heavy atom. The van der Waals surface area contributed by atoms with E-state index in [0.717, 1.165) is 5.56 Å². The van der Waals surface area contributed by atoms with E-state index in [4.69, 9.17) is 28.4 Å². The lowest BCUT2D eigenvalue weighted by Crippen LogP contribution is -2.28. The smallest absolute Gasteiger partial charge is 0.307 e. The molecule has 0 amide bonds. The first kappa shape index (κ1) is 28.4. The largest absolute Gasteiger partial charge is 0.493 e. The summed E-state index contributed by atoms with van der Waals surface area (Å²) in [6, 6.07) is 6.89. The van der Waals surface area contributed by atoms with Gasteiger partial charge in [0.05, 0.1) is 48.6 Å². The molecular weight excluding hydrogens is 472 g/mol. The van der Waals surface area contributed by atoms with Gasteiger partial charge in [-0.25, -0.2) is 0 Å². The van der Waals surface area contributed by atoms with Crippen molar-refractivity contribution in [2.75, 3.05) is 42.7 Å². The summed E-state index contributed by atoms with van der Waals surface area (Å²) >= 11 is 0. The molecule has 0 aliphatic carbocycles. The Bertz CT molecular complexity index is 999. The molecule has 10 heteroatoms. The molecule has 2 aromatic rings. The summed E-state index contributed by atoms with van der Waals surface area (Å²) in [5.41, 5.74) is 1.39. The number of hydrogen-bond donors (Lipinski definition) is 2. The third-order valence-electron chi connectivity index (χ3n) is 6.02. The molecule has 0 fully saturated rings. The van der Waals surface area contributed by atoms with Crippen molar-refractivity contribution < 1.29 is 48.2 Å². The molecule has 0 radical (unpaired) electrons. The van der Waals surface area contributed by atoms with Gasteiger partial charge in [-0.15, -0.1) is 0 Å². The van der Waals surface area contributed by atoms with Gasteiger partial charge in [0.15, 0.2) is 23.0 Å². The SMILES string of the molecule is COc1cc(C[C@H](CCC(=O)O)[C@H](Cc2cc(OC)c(OC)c(OC)c2)C(=O)O)cc(OC)c1OC. The van der Waals surface area contributed by atoms with Crippen LogP contribution in [0.4, 0.5) is 0 Å². The summed E-state index contributed by atoms with van der Waals surface area (Å²) in [7, 11) is 8.93. The first-order valence-electron chi connectivity index (χ1n) is 11.2. The molecule has 0 spiro atoms. The summed E-state index contributed by atoms with van der Waals surface area (Å²) in [5.74, 6) is -0.959. The van der Waals surface area contributed by atoms with E-state index in [-0.39, 0.29) is 25.7 Å². The highest BCUT2D eigenvalue weighted by Gasteiger charge is 2.30. The first-order valence-corrected chi connectivity index (χ1v) is 11.2. The number of rotatable bonds is 15. The highest BCUT2D eigenvalue weighted by Crippen LogP contribution is 2.41. The molecule has 0 saturated heterocycles. The van der Waals surface area contributed by atoms with Crippen LogP contribution in [-0.2, 0) is 22.4 Å². The fourth-order valence-corrected chi connectivity index (χ4v) is 4.27. The number of ether oxygens (including phenoxy) is 6. The molecule has 198 valence electrons. The Kier molecular flexibility index (Phi) is 10.5. The van der Waals surface area contributed by atoms with Crippen molar-refractivity contribution in [2.24, 2.45) is 11.8 Å². The topological polar surface area (TPSA) is 130 Å². The Morgan fingerprint density at radius 2 is 1.06 bits per heavy atom. The first-order chi connectivity index (χ1) is 17.2. The van der Waals surface area contributed by atoms with Crippen molar-refractivity contribution in [2.45, 2.75) is 25.7 Å². The Balaban J connectivity index is 2.49. The number of methoxy groups -OCH3 is 6. The van der Waals surface area contributed by atoms with Crippen LogP contribution in [0.1, 0.15) is 24.0 Å². The van der Waals surface area contributed by atoms with E-state index in [1.165, 1.54) is 42.7 Å². The Hall–Kier alpha value is -3.82. The van der Waals surface area contributed by atoms with Crippen LogP contribution in [0.25, 0.3) is 0 Å².